The molecule has 20 heavy (non-hydrogen) atoms. The fraction of sp³-hybridized carbons (Fsp3) is 0.867. The highest BCUT2D eigenvalue weighted by Gasteiger charge is 2.18. The molecule has 5 heteroatoms. The molecule has 1 aliphatic heterocycles. The first-order chi connectivity index (χ1) is 9.49. The van der Waals surface area contributed by atoms with Gasteiger partial charge in [-0.2, -0.15) is 0 Å². The van der Waals surface area contributed by atoms with E-state index >= 15 is 0 Å². The third kappa shape index (κ3) is 6.78. The molecule has 2 atom stereocenters. The fourth-order valence-corrected chi connectivity index (χ4v) is 2.52. The van der Waals surface area contributed by atoms with Gasteiger partial charge in [-0.15, -0.1) is 0 Å². The summed E-state index contributed by atoms with van der Waals surface area (Å²) in [4.78, 5) is 24.4. The van der Waals surface area contributed by atoms with Gasteiger partial charge in [-0.25, -0.2) is 4.79 Å². The van der Waals surface area contributed by atoms with Gasteiger partial charge in [0.05, 0.1) is 0 Å². The van der Waals surface area contributed by atoms with Crippen LogP contribution >= 0.6 is 0 Å². The van der Waals surface area contributed by atoms with Crippen LogP contribution in [0.2, 0.25) is 0 Å². The Balaban J connectivity index is 2.17. The first-order valence-electron chi connectivity index (χ1n) is 7.73. The summed E-state index contributed by atoms with van der Waals surface area (Å²) in [7, 11) is 0. The van der Waals surface area contributed by atoms with Crippen LogP contribution in [0.1, 0.15) is 52.4 Å². The minimum absolute atomic E-state index is 0.0320. The standard InChI is InChI=1S/C15H28N2O3/c1-12-4-3-10-17(11-8-12)15(20)16-9-7-13(2)5-6-14(18)19/h12-13H,3-11H2,1-2H3,(H,16,20)(H,18,19). The molecule has 1 heterocycles. The van der Waals surface area contributed by atoms with Gasteiger partial charge in [0.25, 0.3) is 0 Å². The number of aliphatic carboxylic acids is 1. The van der Waals surface area contributed by atoms with Crippen molar-refractivity contribution in [3.8, 4) is 0 Å². The Kier molecular flexibility index (Phi) is 7.41. The van der Waals surface area contributed by atoms with E-state index in [1.165, 1.54) is 6.42 Å². The summed E-state index contributed by atoms with van der Waals surface area (Å²) in [6, 6.07) is 0.0320. The second kappa shape index (κ2) is 8.82. The maximum absolute atomic E-state index is 12.0. The Labute approximate surface area is 121 Å². The van der Waals surface area contributed by atoms with Gasteiger partial charge in [-0.1, -0.05) is 13.8 Å². The average Bonchev–Trinajstić information content (AvgIpc) is 2.61. The number of nitrogens with one attached hydrogen (secondary N) is 1. The van der Waals surface area contributed by atoms with Crippen LogP contribution in [0.4, 0.5) is 4.79 Å². The molecule has 1 aliphatic rings. The molecule has 0 aromatic rings. The molecular weight excluding hydrogens is 256 g/mol. The summed E-state index contributed by atoms with van der Waals surface area (Å²) in [5.74, 6) is 0.291. The molecule has 0 saturated carbocycles. The van der Waals surface area contributed by atoms with Gasteiger partial charge in [0.2, 0.25) is 0 Å². The van der Waals surface area contributed by atoms with Crippen LogP contribution in [0.3, 0.4) is 0 Å². The van der Waals surface area contributed by atoms with Crippen molar-refractivity contribution in [2.24, 2.45) is 11.8 Å². The van der Waals surface area contributed by atoms with Crippen molar-refractivity contribution in [2.45, 2.75) is 52.4 Å². The molecular formula is C15H28N2O3. The summed E-state index contributed by atoms with van der Waals surface area (Å²) in [5, 5.41) is 11.6. The highest BCUT2D eigenvalue weighted by molar-refractivity contribution is 5.74. The van der Waals surface area contributed by atoms with Crippen LogP contribution in [0.25, 0.3) is 0 Å². The van der Waals surface area contributed by atoms with Crippen LogP contribution in [0, 0.1) is 11.8 Å². The van der Waals surface area contributed by atoms with Crippen molar-refractivity contribution in [1.29, 1.82) is 0 Å². The van der Waals surface area contributed by atoms with Crippen molar-refractivity contribution in [1.82, 2.24) is 10.2 Å². The number of carboxylic acid groups (broad SMARTS) is 1. The highest BCUT2D eigenvalue weighted by atomic mass is 16.4. The van der Waals surface area contributed by atoms with E-state index < -0.39 is 5.97 Å². The summed E-state index contributed by atoms with van der Waals surface area (Å²) < 4.78 is 0. The van der Waals surface area contributed by atoms with Crippen LogP contribution in [-0.2, 0) is 4.79 Å². The van der Waals surface area contributed by atoms with Crippen LogP contribution < -0.4 is 5.32 Å². The predicted molar refractivity (Wildman–Crippen MR) is 78.6 cm³/mol. The Bertz CT molecular complexity index is 320. The van der Waals surface area contributed by atoms with Gasteiger partial charge in [0, 0.05) is 26.1 Å². The molecule has 0 bridgehead atoms. The number of likely N-dealkylation sites (tertiary alicyclic amines) is 1. The quantitative estimate of drug-likeness (QED) is 0.788. The third-order valence-electron chi connectivity index (χ3n) is 4.07. The van der Waals surface area contributed by atoms with E-state index in [0.717, 1.165) is 32.4 Å². The van der Waals surface area contributed by atoms with Gasteiger partial charge >= 0.3 is 12.0 Å². The minimum Gasteiger partial charge on any atom is -0.481 e. The summed E-state index contributed by atoms with van der Waals surface area (Å²) in [6.07, 6.45) is 5.09. The second-order valence-electron chi connectivity index (χ2n) is 6.08. The van der Waals surface area contributed by atoms with E-state index in [1.54, 1.807) is 0 Å². The number of carboxylic acids is 1. The van der Waals surface area contributed by atoms with Gasteiger partial charge in [-0.3, -0.25) is 4.79 Å². The zero-order valence-corrected chi connectivity index (χ0v) is 12.7. The topological polar surface area (TPSA) is 69.6 Å². The molecule has 5 nitrogen and oxygen atoms in total. The van der Waals surface area contributed by atoms with E-state index in [9.17, 15) is 9.59 Å². The van der Waals surface area contributed by atoms with Crippen LogP contribution in [-0.4, -0.2) is 41.6 Å². The summed E-state index contributed by atoms with van der Waals surface area (Å²) >= 11 is 0. The first-order valence-corrected chi connectivity index (χ1v) is 7.73. The smallest absolute Gasteiger partial charge is 0.317 e. The van der Waals surface area contributed by atoms with Crippen molar-refractivity contribution in [3.05, 3.63) is 0 Å². The number of carbonyl (C=O) groups excluding carboxylic acids is 1. The second-order valence-corrected chi connectivity index (χ2v) is 6.08. The average molecular weight is 284 g/mol. The van der Waals surface area contributed by atoms with Crippen molar-refractivity contribution in [2.75, 3.05) is 19.6 Å². The monoisotopic (exact) mass is 284 g/mol. The number of nitrogens with zero attached hydrogens (tertiary/aromatic N) is 1. The molecule has 2 amide bonds. The number of hydrogen-bond acceptors (Lipinski definition) is 2. The Morgan fingerprint density at radius 1 is 1.30 bits per heavy atom. The largest absolute Gasteiger partial charge is 0.481 e. The van der Waals surface area contributed by atoms with E-state index in [4.69, 9.17) is 5.11 Å². The SMILES string of the molecule is CC(CCNC(=O)N1CCCC(C)CC1)CCC(=O)O. The van der Waals surface area contributed by atoms with E-state index in [0.29, 0.717) is 24.8 Å². The van der Waals surface area contributed by atoms with Crippen molar-refractivity contribution in [3.63, 3.8) is 0 Å². The molecule has 2 N–H and O–H groups in total. The van der Waals surface area contributed by atoms with Gasteiger partial charge in [0.15, 0.2) is 0 Å². The van der Waals surface area contributed by atoms with E-state index in [1.807, 2.05) is 11.8 Å². The van der Waals surface area contributed by atoms with Crippen LogP contribution in [0.5, 0.6) is 0 Å². The molecule has 0 spiro atoms. The Hall–Kier alpha value is -1.26. The predicted octanol–water partition coefficient (Wildman–Crippen LogP) is 2.71. The number of urea groups is 1. The molecule has 0 radical (unpaired) electrons. The number of amides is 2. The molecule has 0 aromatic heterocycles. The van der Waals surface area contributed by atoms with E-state index in [-0.39, 0.29) is 12.5 Å². The highest BCUT2D eigenvalue weighted by Crippen LogP contribution is 2.16. The molecule has 1 fully saturated rings. The fourth-order valence-electron chi connectivity index (χ4n) is 2.52. The molecule has 116 valence electrons. The number of rotatable bonds is 6. The normalized spacial score (nSPS) is 21.1. The lowest BCUT2D eigenvalue weighted by Crippen LogP contribution is -2.41. The number of carbonyl (C=O) groups is 2. The molecule has 1 saturated heterocycles. The lowest BCUT2D eigenvalue weighted by Gasteiger charge is -2.21. The van der Waals surface area contributed by atoms with Crippen molar-refractivity contribution < 1.29 is 14.7 Å². The first kappa shape index (κ1) is 16.8. The summed E-state index contributed by atoms with van der Waals surface area (Å²) in [6.45, 7) is 6.60. The minimum atomic E-state index is -0.750. The lowest BCUT2D eigenvalue weighted by molar-refractivity contribution is -0.137. The molecule has 0 aromatic carbocycles. The molecule has 0 aliphatic carbocycles. The van der Waals surface area contributed by atoms with E-state index in [2.05, 4.69) is 12.2 Å². The zero-order valence-electron chi connectivity index (χ0n) is 12.7. The Morgan fingerprint density at radius 2 is 2.05 bits per heavy atom. The van der Waals surface area contributed by atoms with Gasteiger partial charge in [0.1, 0.15) is 0 Å². The molecule has 1 rings (SSSR count). The Morgan fingerprint density at radius 3 is 2.75 bits per heavy atom. The lowest BCUT2D eigenvalue weighted by atomic mass is 10.0. The maximum atomic E-state index is 12.0. The van der Waals surface area contributed by atoms with Crippen molar-refractivity contribution >= 4 is 12.0 Å². The van der Waals surface area contributed by atoms with Gasteiger partial charge < -0.3 is 15.3 Å². The van der Waals surface area contributed by atoms with Crippen LogP contribution in [0.15, 0.2) is 0 Å². The summed E-state index contributed by atoms with van der Waals surface area (Å²) in [5.41, 5.74) is 0. The third-order valence-corrected chi connectivity index (χ3v) is 4.07. The zero-order chi connectivity index (χ0) is 15.0. The number of hydrogen-bond donors (Lipinski definition) is 2. The van der Waals surface area contributed by atoms with Gasteiger partial charge in [-0.05, 0) is 43.9 Å². The maximum Gasteiger partial charge on any atom is 0.317 e. The molecule has 2 unspecified atom stereocenters.